The van der Waals surface area contributed by atoms with Crippen LogP contribution in [-0.2, 0) is 0 Å². The Labute approximate surface area is 154 Å². The molecule has 0 saturated heterocycles. The first-order valence-corrected chi connectivity index (χ1v) is 9.03. The lowest BCUT2D eigenvalue weighted by Gasteiger charge is -2.12. The Morgan fingerprint density at radius 3 is 2.42 bits per heavy atom. The van der Waals surface area contributed by atoms with E-state index in [1.54, 1.807) is 6.07 Å². The summed E-state index contributed by atoms with van der Waals surface area (Å²) in [6.45, 7) is 2.39. The fraction of sp³-hybridized carbons (Fsp3) is 0.105. The average molecular weight is 377 g/mol. The van der Waals surface area contributed by atoms with Crippen molar-refractivity contribution in [3.63, 3.8) is 0 Å². The van der Waals surface area contributed by atoms with E-state index < -0.39 is 0 Å². The maximum atomic E-state index is 12.8. The molecule has 3 rings (SSSR count). The monoisotopic (exact) mass is 376 g/mol. The average Bonchev–Trinajstić information content (AvgIpc) is 3.08. The second-order valence-corrected chi connectivity index (χ2v) is 6.93. The van der Waals surface area contributed by atoms with Gasteiger partial charge in [0, 0.05) is 10.0 Å². The molecule has 5 heteroatoms. The predicted molar refractivity (Wildman–Crippen MR) is 101 cm³/mol. The van der Waals surface area contributed by atoms with E-state index in [-0.39, 0.29) is 5.78 Å². The highest BCUT2D eigenvalue weighted by molar-refractivity contribution is 7.12. The number of rotatable bonds is 5. The SMILES string of the molecule is CCOc1ccc(-c2cc(Cl)cc(Cl)c2)cc1C(=O)c1cccs1. The fourth-order valence-electron chi connectivity index (χ4n) is 2.43. The molecule has 1 aromatic heterocycles. The predicted octanol–water partition coefficient (Wildman–Crippen LogP) is 6.35. The molecule has 24 heavy (non-hydrogen) atoms. The van der Waals surface area contributed by atoms with Gasteiger partial charge in [-0.1, -0.05) is 35.3 Å². The van der Waals surface area contributed by atoms with Crippen LogP contribution in [0.15, 0.2) is 53.9 Å². The summed E-state index contributed by atoms with van der Waals surface area (Å²) in [7, 11) is 0. The molecule has 0 fully saturated rings. The van der Waals surface area contributed by atoms with Crippen molar-refractivity contribution in [1.29, 1.82) is 0 Å². The smallest absolute Gasteiger partial charge is 0.206 e. The van der Waals surface area contributed by atoms with Gasteiger partial charge in [-0.2, -0.15) is 0 Å². The van der Waals surface area contributed by atoms with Gasteiger partial charge in [0.1, 0.15) is 5.75 Å². The maximum Gasteiger partial charge on any atom is 0.206 e. The molecule has 0 aliphatic carbocycles. The molecule has 0 bridgehead atoms. The Bertz CT molecular complexity index is 853. The molecule has 2 nitrogen and oxygen atoms in total. The summed E-state index contributed by atoms with van der Waals surface area (Å²) in [6.07, 6.45) is 0. The highest BCUT2D eigenvalue weighted by atomic mass is 35.5. The minimum absolute atomic E-state index is 0.0524. The molecule has 1 heterocycles. The van der Waals surface area contributed by atoms with Crippen molar-refractivity contribution in [2.75, 3.05) is 6.61 Å². The van der Waals surface area contributed by atoms with E-state index in [1.165, 1.54) is 11.3 Å². The lowest BCUT2D eigenvalue weighted by molar-refractivity contribution is 0.103. The Morgan fingerprint density at radius 1 is 1.04 bits per heavy atom. The minimum Gasteiger partial charge on any atom is -0.493 e. The second-order valence-electron chi connectivity index (χ2n) is 5.11. The molecule has 0 aliphatic rings. The van der Waals surface area contributed by atoms with Crippen LogP contribution in [0.1, 0.15) is 22.2 Å². The highest BCUT2D eigenvalue weighted by Crippen LogP contribution is 2.32. The van der Waals surface area contributed by atoms with Crippen LogP contribution in [0.2, 0.25) is 10.0 Å². The number of ketones is 1. The molecule has 3 aromatic rings. The number of halogens is 2. The molecule has 0 aliphatic heterocycles. The van der Waals surface area contributed by atoms with Gasteiger partial charge in [-0.15, -0.1) is 11.3 Å². The van der Waals surface area contributed by atoms with E-state index in [0.29, 0.717) is 32.8 Å². The van der Waals surface area contributed by atoms with E-state index in [9.17, 15) is 4.79 Å². The van der Waals surface area contributed by atoms with E-state index in [0.717, 1.165) is 11.1 Å². The van der Waals surface area contributed by atoms with Crippen LogP contribution < -0.4 is 4.74 Å². The largest absolute Gasteiger partial charge is 0.493 e. The Kier molecular flexibility index (Phi) is 5.24. The molecule has 0 amide bonds. The van der Waals surface area contributed by atoms with Crippen LogP contribution in [0.4, 0.5) is 0 Å². The van der Waals surface area contributed by atoms with E-state index >= 15 is 0 Å². The fourth-order valence-corrected chi connectivity index (χ4v) is 3.63. The minimum atomic E-state index is -0.0524. The van der Waals surface area contributed by atoms with Gasteiger partial charge in [-0.05, 0) is 59.8 Å². The summed E-state index contributed by atoms with van der Waals surface area (Å²) < 4.78 is 5.63. The van der Waals surface area contributed by atoms with E-state index in [1.807, 2.05) is 54.8 Å². The number of benzene rings is 2. The Hall–Kier alpha value is -1.81. The molecule has 122 valence electrons. The zero-order valence-electron chi connectivity index (χ0n) is 12.9. The molecule has 0 spiro atoms. The summed E-state index contributed by atoms with van der Waals surface area (Å²) in [5.74, 6) is 0.524. The molecule has 0 N–H and O–H groups in total. The third kappa shape index (κ3) is 3.64. The first-order chi connectivity index (χ1) is 11.6. The summed E-state index contributed by atoms with van der Waals surface area (Å²) in [6, 6.07) is 14.5. The van der Waals surface area contributed by atoms with Crippen molar-refractivity contribution in [3.8, 4) is 16.9 Å². The normalized spacial score (nSPS) is 10.6. The molecular formula is C19H14Cl2O2S. The maximum absolute atomic E-state index is 12.8. The molecule has 0 radical (unpaired) electrons. The molecule has 0 atom stereocenters. The van der Waals surface area contributed by atoms with Crippen LogP contribution in [0.5, 0.6) is 5.75 Å². The summed E-state index contributed by atoms with van der Waals surface area (Å²) in [5, 5.41) is 2.99. The zero-order valence-corrected chi connectivity index (χ0v) is 15.2. The van der Waals surface area contributed by atoms with Crippen LogP contribution >= 0.6 is 34.5 Å². The number of ether oxygens (including phenoxy) is 1. The van der Waals surface area contributed by atoms with Gasteiger partial charge in [0.25, 0.3) is 0 Å². The second kappa shape index (κ2) is 7.39. The third-order valence-electron chi connectivity index (χ3n) is 3.46. The lowest BCUT2D eigenvalue weighted by Crippen LogP contribution is -2.04. The number of hydrogen-bond donors (Lipinski definition) is 0. The van der Waals surface area contributed by atoms with Crippen LogP contribution in [0.3, 0.4) is 0 Å². The van der Waals surface area contributed by atoms with Gasteiger partial charge < -0.3 is 4.74 Å². The Morgan fingerprint density at radius 2 is 1.79 bits per heavy atom. The summed E-state index contributed by atoms with van der Waals surface area (Å²) >= 11 is 13.6. The quantitative estimate of drug-likeness (QED) is 0.484. The van der Waals surface area contributed by atoms with E-state index in [2.05, 4.69) is 0 Å². The third-order valence-corrected chi connectivity index (χ3v) is 4.77. The molecular weight excluding hydrogens is 363 g/mol. The van der Waals surface area contributed by atoms with E-state index in [4.69, 9.17) is 27.9 Å². The van der Waals surface area contributed by atoms with Gasteiger partial charge in [0.05, 0.1) is 17.0 Å². The summed E-state index contributed by atoms with van der Waals surface area (Å²) in [4.78, 5) is 13.5. The number of carbonyl (C=O) groups is 1. The topological polar surface area (TPSA) is 26.3 Å². The van der Waals surface area contributed by atoms with Gasteiger partial charge >= 0.3 is 0 Å². The summed E-state index contributed by atoms with van der Waals surface area (Å²) in [5.41, 5.74) is 2.26. The molecule has 0 unspecified atom stereocenters. The van der Waals surface area contributed by atoms with Crippen molar-refractivity contribution >= 4 is 40.3 Å². The standard InChI is InChI=1S/C19H14Cl2O2S/c1-2-23-17-6-5-12(13-8-14(20)11-15(21)9-13)10-16(17)19(22)18-4-3-7-24-18/h3-11H,2H2,1H3. The van der Waals surface area contributed by atoms with Gasteiger partial charge in [0.2, 0.25) is 5.78 Å². The van der Waals surface area contributed by atoms with Crippen molar-refractivity contribution < 1.29 is 9.53 Å². The van der Waals surface area contributed by atoms with Crippen molar-refractivity contribution in [1.82, 2.24) is 0 Å². The van der Waals surface area contributed by atoms with Gasteiger partial charge in [-0.3, -0.25) is 4.79 Å². The van der Waals surface area contributed by atoms with Crippen molar-refractivity contribution in [2.24, 2.45) is 0 Å². The first kappa shape index (κ1) is 17.0. The van der Waals surface area contributed by atoms with Crippen molar-refractivity contribution in [2.45, 2.75) is 6.92 Å². The molecule has 0 saturated carbocycles. The van der Waals surface area contributed by atoms with Gasteiger partial charge in [0.15, 0.2) is 0 Å². The number of carbonyl (C=O) groups excluding carboxylic acids is 1. The number of hydrogen-bond acceptors (Lipinski definition) is 3. The van der Waals surface area contributed by atoms with Crippen LogP contribution in [-0.4, -0.2) is 12.4 Å². The Balaban J connectivity index is 2.10. The number of thiophene rings is 1. The van der Waals surface area contributed by atoms with Gasteiger partial charge in [-0.25, -0.2) is 0 Å². The van der Waals surface area contributed by atoms with Crippen LogP contribution in [0, 0.1) is 0 Å². The first-order valence-electron chi connectivity index (χ1n) is 7.40. The highest BCUT2D eigenvalue weighted by Gasteiger charge is 2.17. The van der Waals surface area contributed by atoms with Crippen LogP contribution in [0.25, 0.3) is 11.1 Å². The zero-order chi connectivity index (χ0) is 17.1. The molecule has 2 aromatic carbocycles. The van der Waals surface area contributed by atoms with Crippen molar-refractivity contribution in [3.05, 3.63) is 74.4 Å². The lowest BCUT2D eigenvalue weighted by atomic mass is 10.00.